The number of primary amides is 1. The topological polar surface area (TPSA) is 152 Å². The van der Waals surface area contributed by atoms with Gasteiger partial charge < -0.3 is 21.1 Å². The molecule has 0 aliphatic rings. The van der Waals surface area contributed by atoms with Gasteiger partial charge in [-0.2, -0.15) is 9.67 Å². The summed E-state index contributed by atoms with van der Waals surface area (Å²) in [6, 6.07) is 15.9. The van der Waals surface area contributed by atoms with E-state index in [1.54, 1.807) is 36.4 Å². The molecule has 168 valence electrons. The Morgan fingerprint density at radius 3 is 2.62 bits per heavy atom. The van der Waals surface area contributed by atoms with Gasteiger partial charge in [0.05, 0.1) is 16.6 Å². The Kier molecular flexibility index (Phi) is 5.36. The molecule has 12 heteroatoms. The lowest BCUT2D eigenvalue weighted by Crippen LogP contribution is -2.31. The molecule has 0 aliphatic heterocycles. The number of fused-ring (bicyclic) bond motifs is 2. The van der Waals surface area contributed by atoms with Gasteiger partial charge in [0.15, 0.2) is 0 Å². The lowest BCUT2D eigenvalue weighted by Gasteiger charge is -2.13. The second-order valence-corrected chi connectivity index (χ2v) is 7.51. The molecule has 0 saturated carbocycles. The maximum Gasteiger partial charge on any atom is 0.490 e. The van der Waals surface area contributed by atoms with Crippen LogP contribution in [-0.2, 0) is 6.54 Å². The molecule has 0 atom stereocenters. The van der Waals surface area contributed by atoms with Crippen molar-refractivity contribution >= 4 is 46.2 Å². The molecule has 0 bridgehead atoms. The normalized spacial score (nSPS) is 11.1. The summed E-state index contributed by atoms with van der Waals surface area (Å²) >= 11 is 0. The molecule has 0 unspecified atom stereocenters. The van der Waals surface area contributed by atoms with E-state index < -0.39 is 13.0 Å². The molecule has 0 aliphatic carbocycles. The molecule has 2 heterocycles. The molecule has 5 aromatic rings. The molecule has 0 fully saturated rings. The fourth-order valence-corrected chi connectivity index (χ4v) is 3.72. The number of carbonyl (C=O) groups is 1. The van der Waals surface area contributed by atoms with Crippen LogP contribution in [0.4, 0.5) is 10.2 Å². The van der Waals surface area contributed by atoms with E-state index in [1.165, 1.54) is 28.9 Å². The number of amides is 1. The van der Waals surface area contributed by atoms with Crippen LogP contribution in [0.3, 0.4) is 0 Å². The highest BCUT2D eigenvalue weighted by Crippen LogP contribution is 2.24. The molecule has 5 N–H and O–H groups in total. The first-order valence-corrected chi connectivity index (χ1v) is 10.2. The number of nitrogens with two attached hydrogens (primary N) is 1. The summed E-state index contributed by atoms with van der Waals surface area (Å²) in [5.74, 6) is -0.578. The quantitative estimate of drug-likeness (QED) is 0.275. The van der Waals surface area contributed by atoms with Crippen LogP contribution in [0.1, 0.15) is 15.9 Å². The van der Waals surface area contributed by atoms with Gasteiger partial charge in [0.25, 0.3) is 11.9 Å². The van der Waals surface area contributed by atoms with Crippen LogP contribution >= 0.6 is 0 Å². The molecule has 0 saturated heterocycles. The number of hydrogen-bond donors (Lipinski definition) is 4. The van der Waals surface area contributed by atoms with Crippen molar-refractivity contribution in [2.45, 2.75) is 6.54 Å². The average molecular weight is 457 g/mol. The Labute approximate surface area is 192 Å². The minimum Gasteiger partial charge on any atom is -0.423 e. The highest BCUT2D eigenvalue weighted by molar-refractivity contribution is 6.61. The maximum atomic E-state index is 13.6. The van der Waals surface area contributed by atoms with E-state index in [1.807, 2.05) is 0 Å². The van der Waals surface area contributed by atoms with Crippen molar-refractivity contribution in [1.82, 2.24) is 25.0 Å². The SMILES string of the molecule is NC(=O)c1cccc2c1nnn2-c1nc(NCc2cccc(F)c2)c2cccc(B(O)O)c2n1. The first-order valence-electron chi connectivity index (χ1n) is 10.2. The number of nitrogens with zero attached hydrogens (tertiary/aromatic N) is 5. The summed E-state index contributed by atoms with van der Waals surface area (Å²) in [7, 11) is -1.78. The monoisotopic (exact) mass is 457 g/mol. The summed E-state index contributed by atoms with van der Waals surface area (Å²) in [4.78, 5) is 20.9. The van der Waals surface area contributed by atoms with Gasteiger partial charge in [-0.1, -0.05) is 35.5 Å². The van der Waals surface area contributed by atoms with E-state index in [9.17, 15) is 19.2 Å². The molecule has 1 amide bonds. The van der Waals surface area contributed by atoms with E-state index in [-0.39, 0.29) is 40.4 Å². The van der Waals surface area contributed by atoms with Crippen LogP contribution < -0.4 is 16.5 Å². The lowest BCUT2D eigenvalue weighted by atomic mass is 9.79. The molecule has 10 nitrogen and oxygen atoms in total. The van der Waals surface area contributed by atoms with Gasteiger partial charge in [-0.15, -0.1) is 5.10 Å². The molecule has 0 spiro atoms. The highest BCUT2D eigenvalue weighted by atomic mass is 19.1. The minimum absolute atomic E-state index is 0.0754. The van der Waals surface area contributed by atoms with E-state index in [4.69, 9.17) is 5.73 Å². The smallest absolute Gasteiger partial charge is 0.423 e. The lowest BCUT2D eigenvalue weighted by molar-refractivity contribution is 0.100. The summed E-state index contributed by atoms with van der Waals surface area (Å²) < 4.78 is 14.9. The zero-order valence-electron chi connectivity index (χ0n) is 17.6. The van der Waals surface area contributed by atoms with Gasteiger partial charge in [0.1, 0.15) is 17.2 Å². The fraction of sp³-hybridized carbons (Fsp3) is 0.0455. The van der Waals surface area contributed by atoms with Crippen molar-refractivity contribution in [2.75, 3.05) is 5.32 Å². The van der Waals surface area contributed by atoms with Crippen molar-refractivity contribution < 1.29 is 19.2 Å². The molecular formula is C22H17BFN7O3. The number of carbonyl (C=O) groups excluding carboxylic acids is 1. The number of para-hydroxylation sites is 1. The molecular weight excluding hydrogens is 440 g/mol. The standard InChI is InChI=1S/C22H17BFN7O3/c24-13-5-1-4-12(10-13)11-26-21-15-7-2-8-16(23(33)34)18(15)27-22(28-21)31-17-9-3-6-14(20(25)32)19(17)29-30-31/h1-10,33-34H,11H2,(H2,25,32)(H,26,27,28). The third-order valence-electron chi connectivity index (χ3n) is 5.31. The van der Waals surface area contributed by atoms with E-state index >= 15 is 0 Å². The largest absolute Gasteiger partial charge is 0.490 e. The Bertz CT molecular complexity index is 1560. The molecule has 5 rings (SSSR count). The van der Waals surface area contributed by atoms with Gasteiger partial charge in [-0.3, -0.25) is 4.79 Å². The number of aromatic nitrogens is 5. The summed E-state index contributed by atoms with van der Waals surface area (Å²) in [5.41, 5.74) is 7.49. The summed E-state index contributed by atoms with van der Waals surface area (Å²) in [6.07, 6.45) is 0. The molecule has 2 aromatic heterocycles. The third-order valence-corrected chi connectivity index (χ3v) is 5.31. The van der Waals surface area contributed by atoms with Gasteiger partial charge in [0.2, 0.25) is 0 Å². The summed E-state index contributed by atoms with van der Waals surface area (Å²) in [5, 5.41) is 31.6. The van der Waals surface area contributed by atoms with Crippen LogP contribution in [0.25, 0.3) is 27.9 Å². The number of benzene rings is 3. The predicted molar refractivity (Wildman–Crippen MR) is 124 cm³/mol. The number of hydrogen-bond acceptors (Lipinski definition) is 8. The Morgan fingerprint density at radius 1 is 1.06 bits per heavy atom. The first-order chi connectivity index (χ1) is 16.4. The van der Waals surface area contributed by atoms with Crippen molar-refractivity contribution in [3.63, 3.8) is 0 Å². The first kappa shape index (κ1) is 21.4. The third kappa shape index (κ3) is 3.80. The van der Waals surface area contributed by atoms with Crippen LogP contribution in [-0.4, -0.2) is 48.0 Å². The number of rotatable bonds is 6. The van der Waals surface area contributed by atoms with Crippen LogP contribution in [0, 0.1) is 5.82 Å². The zero-order chi connectivity index (χ0) is 23.8. The Morgan fingerprint density at radius 2 is 1.85 bits per heavy atom. The number of nitrogens with one attached hydrogen (secondary N) is 1. The van der Waals surface area contributed by atoms with Crippen LogP contribution in [0.2, 0.25) is 0 Å². The van der Waals surface area contributed by atoms with E-state index in [2.05, 4.69) is 25.6 Å². The minimum atomic E-state index is -1.78. The van der Waals surface area contributed by atoms with E-state index in [0.717, 1.165) is 0 Å². The fourth-order valence-electron chi connectivity index (χ4n) is 3.72. The van der Waals surface area contributed by atoms with Gasteiger partial charge in [-0.25, -0.2) is 9.37 Å². The highest BCUT2D eigenvalue weighted by Gasteiger charge is 2.21. The summed E-state index contributed by atoms with van der Waals surface area (Å²) in [6.45, 7) is 0.249. The Hall–Kier alpha value is -4.42. The number of halogens is 1. The van der Waals surface area contributed by atoms with Crippen LogP contribution in [0.5, 0.6) is 0 Å². The second-order valence-electron chi connectivity index (χ2n) is 7.51. The van der Waals surface area contributed by atoms with Gasteiger partial charge in [0, 0.05) is 17.4 Å². The Balaban J connectivity index is 1.68. The van der Waals surface area contributed by atoms with Crippen molar-refractivity contribution in [3.8, 4) is 5.95 Å². The van der Waals surface area contributed by atoms with Crippen molar-refractivity contribution in [2.24, 2.45) is 5.73 Å². The van der Waals surface area contributed by atoms with Crippen molar-refractivity contribution in [1.29, 1.82) is 0 Å². The van der Waals surface area contributed by atoms with Gasteiger partial charge >= 0.3 is 7.12 Å². The molecule has 0 radical (unpaired) electrons. The molecule has 3 aromatic carbocycles. The molecule has 34 heavy (non-hydrogen) atoms. The second kappa shape index (κ2) is 8.50. The zero-order valence-corrected chi connectivity index (χ0v) is 17.6. The maximum absolute atomic E-state index is 13.6. The van der Waals surface area contributed by atoms with Crippen molar-refractivity contribution in [3.05, 3.63) is 77.6 Å². The van der Waals surface area contributed by atoms with Gasteiger partial charge in [-0.05, 0) is 35.9 Å². The predicted octanol–water partition coefficient (Wildman–Crippen LogP) is 0.894. The number of anilines is 1. The van der Waals surface area contributed by atoms with E-state index in [0.29, 0.717) is 22.3 Å². The average Bonchev–Trinajstić information content (AvgIpc) is 3.26. The van der Waals surface area contributed by atoms with Crippen LogP contribution in [0.15, 0.2) is 60.7 Å².